The van der Waals surface area contributed by atoms with Gasteiger partial charge in [0.1, 0.15) is 6.04 Å². The molecule has 0 aromatic heterocycles. The van der Waals surface area contributed by atoms with Gasteiger partial charge in [0, 0.05) is 39.5 Å². The summed E-state index contributed by atoms with van der Waals surface area (Å²) in [4.78, 5) is 38.4. The van der Waals surface area contributed by atoms with Crippen molar-refractivity contribution in [3.8, 4) is 0 Å². The first-order valence-electron chi connectivity index (χ1n) is 8.25. The SMILES string of the molecule is CC(C)C(=O)N(C)CCN(C)C(=O)N[C@@H](Cc1ccccc1)C(=O)O. The summed E-state index contributed by atoms with van der Waals surface area (Å²) in [5.74, 6) is -1.19. The highest BCUT2D eigenvalue weighted by Crippen LogP contribution is 2.04. The molecule has 0 aliphatic rings. The molecule has 0 heterocycles. The van der Waals surface area contributed by atoms with E-state index < -0.39 is 18.0 Å². The second-order valence-corrected chi connectivity index (χ2v) is 6.37. The Kier molecular flexibility index (Phi) is 7.91. The number of carboxylic acid groups (broad SMARTS) is 1. The van der Waals surface area contributed by atoms with Crippen LogP contribution in [-0.4, -0.2) is 66.0 Å². The van der Waals surface area contributed by atoms with E-state index in [2.05, 4.69) is 5.32 Å². The predicted octanol–water partition coefficient (Wildman–Crippen LogP) is 1.44. The molecule has 7 heteroatoms. The van der Waals surface area contributed by atoms with Crippen LogP contribution in [0.15, 0.2) is 30.3 Å². The van der Waals surface area contributed by atoms with Gasteiger partial charge < -0.3 is 20.2 Å². The summed E-state index contributed by atoms with van der Waals surface area (Å²) < 4.78 is 0. The van der Waals surface area contributed by atoms with Crippen LogP contribution in [0, 0.1) is 5.92 Å². The van der Waals surface area contributed by atoms with Gasteiger partial charge in [-0.15, -0.1) is 0 Å². The molecule has 0 saturated carbocycles. The molecule has 7 nitrogen and oxygen atoms in total. The third-order valence-corrected chi connectivity index (χ3v) is 3.87. The Labute approximate surface area is 148 Å². The number of benzene rings is 1. The zero-order valence-corrected chi connectivity index (χ0v) is 15.2. The zero-order chi connectivity index (χ0) is 19.0. The topological polar surface area (TPSA) is 90.0 Å². The van der Waals surface area contributed by atoms with E-state index in [1.165, 1.54) is 4.90 Å². The third kappa shape index (κ3) is 6.82. The molecule has 0 saturated heterocycles. The van der Waals surface area contributed by atoms with Crippen LogP contribution in [0.5, 0.6) is 0 Å². The van der Waals surface area contributed by atoms with E-state index >= 15 is 0 Å². The van der Waals surface area contributed by atoms with Crippen LogP contribution in [0.1, 0.15) is 19.4 Å². The summed E-state index contributed by atoms with van der Waals surface area (Å²) in [6.07, 6.45) is 0.210. The summed E-state index contributed by atoms with van der Waals surface area (Å²) in [7, 11) is 3.26. The summed E-state index contributed by atoms with van der Waals surface area (Å²) in [6.45, 7) is 4.34. The van der Waals surface area contributed by atoms with E-state index in [1.807, 2.05) is 44.2 Å². The van der Waals surface area contributed by atoms with Crippen molar-refractivity contribution < 1.29 is 19.5 Å². The van der Waals surface area contributed by atoms with Crippen molar-refractivity contribution in [1.82, 2.24) is 15.1 Å². The van der Waals surface area contributed by atoms with E-state index in [4.69, 9.17) is 0 Å². The third-order valence-electron chi connectivity index (χ3n) is 3.87. The van der Waals surface area contributed by atoms with E-state index in [0.29, 0.717) is 13.1 Å². The Morgan fingerprint density at radius 1 is 1.04 bits per heavy atom. The molecular formula is C18H27N3O4. The van der Waals surface area contributed by atoms with Crippen molar-refractivity contribution in [2.45, 2.75) is 26.3 Å². The standard InChI is InChI=1S/C18H27N3O4/c1-13(2)16(22)20(3)10-11-21(4)18(25)19-15(17(23)24)12-14-8-6-5-7-9-14/h5-9,13,15H,10-12H2,1-4H3,(H,19,25)(H,23,24)/t15-/m0/s1. The molecule has 1 atom stereocenters. The van der Waals surface area contributed by atoms with E-state index in [-0.39, 0.29) is 18.2 Å². The van der Waals surface area contributed by atoms with Crippen molar-refractivity contribution in [1.29, 1.82) is 0 Å². The molecule has 0 bridgehead atoms. The van der Waals surface area contributed by atoms with Gasteiger partial charge in [-0.2, -0.15) is 0 Å². The number of carbonyl (C=O) groups is 3. The summed E-state index contributed by atoms with van der Waals surface area (Å²) in [6, 6.07) is 7.64. The van der Waals surface area contributed by atoms with Gasteiger partial charge in [0.25, 0.3) is 0 Å². The number of aliphatic carboxylic acids is 1. The Morgan fingerprint density at radius 2 is 1.60 bits per heavy atom. The average molecular weight is 349 g/mol. The maximum atomic E-state index is 12.2. The first-order valence-corrected chi connectivity index (χ1v) is 8.25. The molecule has 1 rings (SSSR count). The summed E-state index contributed by atoms with van der Waals surface area (Å²) >= 11 is 0. The van der Waals surface area contributed by atoms with Crippen LogP contribution < -0.4 is 5.32 Å². The largest absolute Gasteiger partial charge is 0.480 e. The van der Waals surface area contributed by atoms with E-state index in [0.717, 1.165) is 5.56 Å². The number of carboxylic acids is 1. The van der Waals surface area contributed by atoms with Crippen molar-refractivity contribution in [3.63, 3.8) is 0 Å². The van der Waals surface area contributed by atoms with Crippen LogP contribution in [-0.2, 0) is 16.0 Å². The smallest absolute Gasteiger partial charge is 0.326 e. The van der Waals surface area contributed by atoms with Gasteiger partial charge in [-0.1, -0.05) is 44.2 Å². The van der Waals surface area contributed by atoms with Gasteiger partial charge in [0.15, 0.2) is 0 Å². The molecule has 2 N–H and O–H groups in total. The number of likely N-dealkylation sites (N-methyl/N-ethyl adjacent to an activating group) is 2. The molecule has 0 unspecified atom stereocenters. The van der Waals surface area contributed by atoms with Crippen LogP contribution >= 0.6 is 0 Å². The lowest BCUT2D eigenvalue weighted by molar-refractivity contribution is -0.139. The zero-order valence-electron chi connectivity index (χ0n) is 15.2. The highest BCUT2D eigenvalue weighted by atomic mass is 16.4. The Morgan fingerprint density at radius 3 is 2.12 bits per heavy atom. The van der Waals surface area contributed by atoms with Gasteiger partial charge >= 0.3 is 12.0 Å². The quantitative estimate of drug-likeness (QED) is 0.743. The molecule has 25 heavy (non-hydrogen) atoms. The second-order valence-electron chi connectivity index (χ2n) is 6.37. The van der Waals surface area contributed by atoms with Crippen LogP contribution in [0.25, 0.3) is 0 Å². The minimum absolute atomic E-state index is 0.00120. The fourth-order valence-electron chi connectivity index (χ4n) is 2.26. The maximum Gasteiger partial charge on any atom is 0.326 e. The van der Waals surface area contributed by atoms with Gasteiger partial charge in [-0.05, 0) is 5.56 Å². The Balaban J connectivity index is 2.56. The van der Waals surface area contributed by atoms with Gasteiger partial charge in [0.2, 0.25) is 5.91 Å². The molecular weight excluding hydrogens is 322 g/mol. The van der Waals surface area contributed by atoms with Crippen molar-refractivity contribution in [3.05, 3.63) is 35.9 Å². The predicted molar refractivity (Wildman–Crippen MR) is 95.2 cm³/mol. The van der Waals surface area contributed by atoms with Crippen LogP contribution in [0.4, 0.5) is 4.79 Å². The highest BCUT2D eigenvalue weighted by Gasteiger charge is 2.22. The summed E-state index contributed by atoms with van der Waals surface area (Å²) in [5, 5.41) is 11.9. The fourth-order valence-corrected chi connectivity index (χ4v) is 2.26. The average Bonchev–Trinajstić information content (AvgIpc) is 2.58. The first kappa shape index (κ1) is 20.5. The number of nitrogens with zero attached hydrogens (tertiary/aromatic N) is 2. The lowest BCUT2D eigenvalue weighted by Crippen LogP contribution is -2.49. The number of rotatable bonds is 8. The molecule has 0 spiro atoms. The van der Waals surface area contributed by atoms with Gasteiger partial charge in [-0.25, -0.2) is 9.59 Å². The van der Waals surface area contributed by atoms with Gasteiger partial charge in [-0.3, -0.25) is 4.79 Å². The number of carbonyl (C=O) groups excluding carboxylic acids is 2. The van der Waals surface area contributed by atoms with E-state index in [9.17, 15) is 19.5 Å². The summed E-state index contributed by atoms with van der Waals surface area (Å²) in [5.41, 5.74) is 0.833. The molecule has 1 aromatic rings. The minimum atomic E-state index is -1.09. The Hall–Kier alpha value is -2.57. The van der Waals surface area contributed by atoms with Crippen LogP contribution in [0.2, 0.25) is 0 Å². The van der Waals surface area contributed by atoms with Crippen LogP contribution in [0.3, 0.4) is 0 Å². The lowest BCUT2D eigenvalue weighted by atomic mass is 10.1. The minimum Gasteiger partial charge on any atom is -0.480 e. The number of urea groups is 1. The molecule has 0 aliphatic carbocycles. The number of amides is 3. The second kappa shape index (κ2) is 9.66. The molecule has 0 radical (unpaired) electrons. The Bertz CT molecular complexity index is 589. The molecule has 138 valence electrons. The first-order chi connectivity index (χ1) is 11.7. The van der Waals surface area contributed by atoms with Crippen molar-refractivity contribution in [2.24, 2.45) is 5.92 Å². The maximum absolute atomic E-state index is 12.2. The molecule has 0 aliphatic heterocycles. The molecule has 0 fully saturated rings. The molecule has 1 aromatic carbocycles. The molecule has 3 amide bonds. The van der Waals surface area contributed by atoms with Crippen molar-refractivity contribution >= 4 is 17.9 Å². The number of hydrogen-bond donors (Lipinski definition) is 2. The van der Waals surface area contributed by atoms with Crippen molar-refractivity contribution in [2.75, 3.05) is 27.2 Å². The normalized spacial score (nSPS) is 11.7. The monoisotopic (exact) mass is 349 g/mol. The number of nitrogens with one attached hydrogen (secondary N) is 1. The van der Waals surface area contributed by atoms with E-state index in [1.54, 1.807) is 19.0 Å². The fraction of sp³-hybridized carbons (Fsp3) is 0.500. The lowest BCUT2D eigenvalue weighted by Gasteiger charge is -2.25. The highest BCUT2D eigenvalue weighted by molar-refractivity contribution is 5.82. The number of hydrogen-bond acceptors (Lipinski definition) is 3. The van der Waals surface area contributed by atoms with Gasteiger partial charge in [0.05, 0.1) is 0 Å².